The SMILES string of the molecule is Cc1ccc(Nc2nc3ccccn3c2[N+](=O)[O-])cc1. The Hall–Kier alpha value is -2.89. The lowest BCUT2D eigenvalue weighted by Crippen LogP contribution is -1.98. The maximum Gasteiger partial charge on any atom is 0.372 e. The number of nitrogens with zero attached hydrogens (tertiary/aromatic N) is 3. The van der Waals surface area contributed by atoms with Gasteiger partial charge in [0.05, 0.1) is 6.20 Å². The van der Waals surface area contributed by atoms with Crippen molar-refractivity contribution in [3.63, 3.8) is 0 Å². The van der Waals surface area contributed by atoms with E-state index < -0.39 is 4.92 Å². The molecule has 1 N–H and O–H groups in total. The Labute approximate surface area is 114 Å². The van der Waals surface area contributed by atoms with Gasteiger partial charge in [-0.15, -0.1) is 0 Å². The zero-order valence-electron chi connectivity index (χ0n) is 10.8. The molecule has 6 heteroatoms. The lowest BCUT2D eigenvalue weighted by atomic mass is 10.2. The van der Waals surface area contributed by atoms with Gasteiger partial charge in [0.25, 0.3) is 0 Å². The standard InChI is InChI=1S/C14H12N4O2/c1-10-5-7-11(8-6-10)15-13-14(18(19)20)17-9-3-2-4-12(17)16-13/h2-9,15H,1H3. The number of nitro groups is 1. The summed E-state index contributed by atoms with van der Waals surface area (Å²) in [6, 6.07) is 12.9. The predicted octanol–water partition coefficient (Wildman–Crippen LogP) is 3.29. The van der Waals surface area contributed by atoms with Crippen LogP contribution in [0.5, 0.6) is 0 Å². The Kier molecular flexibility index (Phi) is 2.83. The molecule has 0 saturated carbocycles. The highest BCUT2D eigenvalue weighted by Gasteiger charge is 2.22. The quantitative estimate of drug-likeness (QED) is 0.584. The zero-order chi connectivity index (χ0) is 14.1. The fourth-order valence-electron chi connectivity index (χ4n) is 2.01. The maximum absolute atomic E-state index is 11.2. The van der Waals surface area contributed by atoms with Crippen LogP contribution in [0.4, 0.5) is 17.3 Å². The van der Waals surface area contributed by atoms with Crippen LogP contribution in [0.3, 0.4) is 0 Å². The summed E-state index contributed by atoms with van der Waals surface area (Å²) in [5.41, 5.74) is 2.43. The van der Waals surface area contributed by atoms with Crippen LogP contribution in [0.15, 0.2) is 48.7 Å². The molecule has 2 aromatic heterocycles. The van der Waals surface area contributed by atoms with Crippen molar-refractivity contribution in [2.75, 3.05) is 5.32 Å². The van der Waals surface area contributed by atoms with Crippen LogP contribution in [0, 0.1) is 17.0 Å². The van der Waals surface area contributed by atoms with Gasteiger partial charge in [-0.2, -0.15) is 9.38 Å². The Bertz CT molecular complexity index is 777. The molecule has 3 rings (SSSR count). The van der Waals surface area contributed by atoms with Gasteiger partial charge in [0.15, 0.2) is 0 Å². The minimum atomic E-state index is -0.434. The normalized spacial score (nSPS) is 10.7. The van der Waals surface area contributed by atoms with Gasteiger partial charge >= 0.3 is 5.82 Å². The van der Waals surface area contributed by atoms with Gasteiger partial charge in [-0.3, -0.25) is 0 Å². The van der Waals surface area contributed by atoms with E-state index in [1.54, 1.807) is 24.4 Å². The van der Waals surface area contributed by atoms with Crippen molar-refractivity contribution in [1.82, 2.24) is 9.38 Å². The molecule has 2 heterocycles. The van der Waals surface area contributed by atoms with Crippen molar-refractivity contribution in [3.8, 4) is 0 Å². The van der Waals surface area contributed by atoms with Gasteiger partial charge in [-0.05, 0) is 30.0 Å². The van der Waals surface area contributed by atoms with Crippen LogP contribution in [-0.4, -0.2) is 14.3 Å². The van der Waals surface area contributed by atoms with E-state index in [1.807, 2.05) is 31.2 Å². The molecule has 0 saturated heterocycles. The highest BCUT2D eigenvalue weighted by molar-refractivity contribution is 5.68. The smallest absolute Gasteiger partial charge is 0.358 e. The minimum Gasteiger partial charge on any atom is -0.358 e. The molecule has 100 valence electrons. The summed E-state index contributed by atoms with van der Waals surface area (Å²) < 4.78 is 1.45. The van der Waals surface area contributed by atoms with Crippen molar-refractivity contribution in [2.24, 2.45) is 0 Å². The molecule has 0 aliphatic rings. The minimum absolute atomic E-state index is 0.0684. The molecule has 0 aliphatic heterocycles. The first-order valence-electron chi connectivity index (χ1n) is 6.10. The number of anilines is 2. The Morgan fingerprint density at radius 3 is 2.65 bits per heavy atom. The van der Waals surface area contributed by atoms with Crippen molar-refractivity contribution in [1.29, 1.82) is 0 Å². The number of imidazole rings is 1. The number of rotatable bonds is 3. The maximum atomic E-state index is 11.2. The Balaban J connectivity index is 2.08. The third-order valence-corrected chi connectivity index (χ3v) is 2.99. The summed E-state index contributed by atoms with van der Waals surface area (Å²) in [4.78, 5) is 15.1. The lowest BCUT2D eigenvalue weighted by Gasteiger charge is -2.03. The third-order valence-electron chi connectivity index (χ3n) is 2.99. The molecule has 0 bridgehead atoms. The van der Waals surface area contributed by atoms with Gasteiger partial charge in [0.2, 0.25) is 11.5 Å². The molecular formula is C14H12N4O2. The number of aromatic nitrogens is 2. The molecule has 6 nitrogen and oxygen atoms in total. The summed E-state index contributed by atoms with van der Waals surface area (Å²) in [5, 5.41) is 14.2. The molecule has 1 aromatic carbocycles. The summed E-state index contributed by atoms with van der Waals surface area (Å²) in [6.45, 7) is 1.98. The lowest BCUT2D eigenvalue weighted by molar-refractivity contribution is -0.389. The second-order valence-corrected chi connectivity index (χ2v) is 4.46. The van der Waals surface area contributed by atoms with Crippen LogP contribution in [-0.2, 0) is 0 Å². The van der Waals surface area contributed by atoms with E-state index >= 15 is 0 Å². The summed E-state index contributed by atoms with van der Waals surface area (Å²) in [5.74, 6) is 0.172. The van der Waals surface area contributed by atoms with E-state index in [1.165, 1.54) is 4.40 Å². The molecule has 0 amide bonds. The van der Waals surface area contributed by atoms with Gasteiger partial charge in [-0.1, -0.05) is 23.8 Å². The first kappa shape index (κ1) is 12.2. The van der Waals surface area contributed by atoms with Crippen molar-refractivity contribution < 1.29 is 4.92 Å². The van der Waals surface area contributed by atoms with Crippen molar-refractivity contribution in [3.05, 3.63) is 64.3 Å². The molecule has 0 radical (unpaired) electrons. The molecular weight excluding hydrogens is 256 g/mol. The number of hydrogen-bond donors (Lipinski definition) is 1. The second-order valence-electron chi connectivity index (χ2n) is 4.46. The fourth-order valence-corrected chi connectivity index (χ4v) is 2.01. The molecule has 3 aromatic rings. The van der Waals surface area contributed by atoms with Crippen LogP contribution < -0.4 is 5.32 Å². The Morgan fingerprint density at radius 2 is 1.95 bits per heavy atom. The van der Waals surface area contributed by atoms with E-state index in [4.69, 9.17) is 0 Å². The third kappa shape index (κ3) is 2.07. The monoisotopic (exact) mass is 268 g/mol. The Morgan fingerprint density at radius 1 is 1.20 bits per heavy atom. The molecule has 0 aliphatic carbocycles. The van der Waals surface area contributed by atoms with Crippen LogP contribution in [0.2, 0.25) is 0 Å². The average Bonchev–Trinajstić information content (AvgIpc) is 2.79. The number of fused-ring (bicyclic) bond motifs is 1. The summed E-state index contributed by atoms with van der Waals surface area (Å²) in [7, 11) is 0. The molecule has 0 fully saturated rings. The van der Waals surface area contributed by atoms with E-state index in [2.05, 4.69) is 10.3 Å². The van der Waals surface area contributed by atoms with Gasteiger partial charge < -0.3 is 15.4 Å². The van der Waals surface area contributed by atoms with Gasteiger partial charge in [0.1, 0.15) is 0 Å². The number of aryl methyl sites for hydroxylation is 1. The second kappa shape index (κ2) is 4.65. The van der Waals surface area contributed by atoms with E-state index in [-0.39, 0.29) is 11.6 Å². The molecule has 0 atom stereocenters. The summed E-state index contributed by atoms with van der Waals surface area (Å²) in [6.07, 6.45) is 1.63. The number of hydrogen-bond acceptors (Lipinski definition) is 4. The van der Waals surface area contributed by atoms with E-state index in [9.17, 15) is 10.1 Å². The van der Waals surface area contributed by atoms with E-state index in [0.29, 0.717) is 5.65 Å². The predicted molar refractivity (Wildman–Crippen MR) is 76.3 cm³/mol. The van der Waals surface area contributed by atoms with Gasteiger partial charge in [-0.25, -0.2) is 0 Å². The highest BCUT2D eigenvalue weighted by atomic mass is 16.6. The van der Waals surface area contributed by atoms with Crippen LogP contribution >= 0.6 is 0 Å². The first-order valence-corrected chi connectivity index (χ1v) is 6.10. The largest absolute Gasteiger partial charge is 0.372 e. The zero-order valence-corrected chi connectivity index (χ0v) is 10.8. The van der Waals surface area contributed by atoms with E-state index in [0.717, 1.165) is 11.3 Å². The molecule has 20 heavy (non-hydrogen) atoms. The fraction of sp³-hybridized carbons (Fsp3) is 0.0714. The first-order chi connectivity index (χ1) is 9.65. The highest BCUT2D eigenvalue weighted by Crippen LogP contribution is 2.28. The van der Waals surface area contributed by atoms with Gasteiger partial charge in [0, 0.05) is 11.8 Å². The molecule has 0 spiro atoms. The van der Waals surface area contributed by atoms with Crippen LogP contribution in [0.1, 0.15) is 5.56 Å². The van der Waals surface area contributed by atoms with Crippen molar-refractivity contribution >= 4 is 23.0 Å². The van der Waals surface area contributed by atoms with Crippen LogP contribution in [0.25, 0.3) is 5.65 Å². The van der Waals surface area contributed by atoms with Crippen molar-refractivity contribution in [2.45, 2.75) is 6.92 Å². The average molecular weight is 268 g/mol. The number of benzene rings is 1. The topological polar surface area (TPSA) is 72.5 Å². The molecule has 0 unspecified atom stereocenters. The number of pyridine rings is 1. The summed E-state index contributed by atoms with van der Waals surface area (Å²) >= 11 is 0. The number of nitrogens with one attached hydrogen (secondary N) is 1.